The van der Waals surface area contributed by atoms with E-state index >= 15 is 0 Å². The summed E-state index contributed by atoms with van der Waals surface area (Å²) in [6.07, 6.45) is 11.8. The highest BCUT2D eigenvalue weighted by Gasteiger charge is 2.75. The number of allylic oxidation sites excluding steroid dienone is 2. The van der Waals surface area contributed by atoms with Crippen LogP contribution in [-0.4, -0.2) is 33.5 Å². The van der Waals surface area contributed by atoms with Crippen molar-refractivity contribution in [1.29, 1.82) is 0 Å². The summed E-state index contributed by atoms with van der Waals surface area (Å²) in [5.74, 6) is 1.23. The maximum Gasteiger partial charge on any atom is 0.313 e. The lowest BCUT2D eigenvalue weighted by molar-refractivity contribution is -0.163. The number of aliphatic hydroxyl groups is 2. The number of fused-ring (bicyclic) bond motifs is 4. The summed E-state index contributed by atoms with van der Waals surface area (Å²) in [6.45, 7) is 15.3. The highest BCUT2D eigenvalue weighted by Crippen LogP contribution is 2.75. The van der Waals surface area contributed by atoms with Gasteiger partial charge in [-0.25, -0.2) is 0 Å². The Morgan fingerprint density at radius 2 is 1.74 bits per heavy atom. The standard InChI is InChI=1S/C30H48O4/c1-25(2,33)14-8-15-29(7)22-12-17-28(6)20-9-10-21-26(3,4)23(31)13-16-27(21,5)19(20)11-18-30(22,28)24(32)34-29/h11,20-23,31,33H,8-10,12-18H2,1-7H3. The van der Waals surface area contributed by atoms with Gasteiger partial charge in [0.2, 0.25) is 0 Å². The van der Waals surface area contributed by atoms with Crippen molar-refractivity contribution in [3.05, 3.63) is 11.6 Å². The van der Waals surface area contributed by atoms with Crippen molar-refractivity contribution in [2.45, 2.75) is 130 Å². The Morgan fingerprint density at radius 3 is 2.41 bits per heavy atom. The average molecular weight is 473 g/mol. The Labute approximate surface area is 206 Å². The zero-order valence-electron chi connectivity index (χ0n) is 22.7. The monoisotopic (exact) mass is 472 g/mol. The summed E-state index contributed by atoms with van der Waals surface area (Å²) in [7, 11) is 0. The topological polar surface area (TPSA) is 66.8 Å². The average Bonchev–Trinajstić information content (AvgIpc) is 3.15. The third-order valence-corrected chi connectivity index (χ3v) is 12.1. The summed E-state index contributed by atoms with van der Waals surface area (Å²) < 4.78 is 6.33. The molecule has 0 aromatic carbocycles. The van der Waals surface area contributed by atoms with Gasteiger partial charge in [0.25, 0.3) is 0 Å². The van der Waals surface area contributed by atoms with E-state index in [1.54, 1.807) is 5.57 Å². The smallest absolute Gasteiger partial charge is 0.313 e. The molecule has 4 aliphatic carbocycles. The minimum atomic E-state index is -0.682. The molecule has 0 amide bonds. The van der Waals surface area contributed by atoms with Crippen molar-refractivity contribution < 1.29 is 19.7 Å². The van der Waals surface area contributed by atoms with E-state index in [-0.39, 0.29) is 34.2 Å². The molecule has 8 unspecified atom stereocenters. The minimum Gasteiger partial charge on any atom is -0.459 e. The van der Waals surface area contributed by atoms with E-state index in [2.05, 4.69) is 40.7 Å². The second-order valence-electron chi connectivity index (χ2n) is 14.7. The zero-order chi connectivity index (χ0) is 24.9. The van der Waals surface area contributed by atoms with Crippen molar-refractivity contribution in [2.75, 3.05) is 0 Å². The van der Waals surface area contributed by atoms with Crippen LogP contribution in [0.3, 0.4) is 0 Å². The number of hydrogen-bond acceptors (Lipinski definition) is 4. The van der Waals surface area contributed by atoms with E-state index in [4.69, 9.17) is 4.74 Å². The summed E-state index contributed by atoms with van der Waals surface area (Å²) in [6, 6.07) is 0. The van der Waals surface area contributed by atoms with Crippen LogP contribution >= 0.6 is 0 Å². The number of carbonyl (C=O) groups excluding carboxylic acids is 1. The van der Waals surface area contributed by atoms with Gasteiger partial charge >= 0.3 is 5.97 Å². The molecule has 2 N–H and O–H groups in total. The molecule has 3 saturated carbocycles. The van der Waals surface area contributed by atoms with Crippen LogP contribution in [0.2, 0.25) is 0 Å². The second-order valence-corrected chi connectivity index (χ2v) is 14.7. The summed E-state index contributed by atoms with van der Waals surface area (Å²) in [5.41, 5.74) is 0.0764. The molecule has 192 valence electrons. The van der Waals surface area contributed by atoms with Crippen molar-refractivity contribution in [3.63, 3.8) is 0 Å². The molecule has 1 aliphatic heterocycles. The van der Waals surface area contributed by atoms with Crippen molar-refractivity contribution >= 4 is 5.97 Å². The Morgan fingerprint density at radius 1 is 1.03 bits per heavy atom. The fraction of sp³-hybridized carbons (Fsp3) is 0.900. The lowest BCUT2D eigenvalue weighted by Crippen LogP contribution is -2.58. The fourth-order valence-electron chi connectivity index (χ4n) is 10.2. The van der Waals surface area contributed by atoms with E-state index in [0.717, 1.165) is 64.2 Å². The molecule has 4 nitrogen and oxygen atoms in total. The normalized spacial score (nSPS) is 49.4. The molecule has 1 saturated heterocycles. The van der Waals surface area contributed by atoms with Gasteiger partial charge in [0.05, 0.1) is 17.1 Å². The Bertz CT molecular complexity index is 898. The molecular formula is C30H48O4. The first-order valence-electron chi connectivity index (χ1n) is 14.0. The van der Waals surface area contributed by atoms with Crippen LogP contribution in [0.5, 0.6) is 0 Å². The van der Waals surface area contributed by atoms with Gasteiger partial charge in [-0.3, -0.25) is 4.79 Å². The molecular weight excluding hydrogens is 424 g/mol. The lowest BCUT2D eigenvalue weighted by Gasteiger charge is -2.63. The number of rotatable bonds is 4. The number of esters is 1. The van der Waals surface area contributed by atoms with E-state index in [9.17, 15) is 15.0 Å². The minimum absolute atomic E-state index is 0.0465. The third kappa shape index (κ3) is 3.06. The molecule has 5 rings (SSSR count). The van der Waals surface area contributed by atoms with Crippen LogP contribution in [0, 0.1) is 39.4 Å². The van der Waals surface area contributed by atoms with Gasteiger partial charge in [0, 0.05) is 5.92 Å². The van der Waals surface area contributed by atoms with Crippen LogP contribution in [0.1, 0.15) is 113 Å². The SMILES string of the molecule is CC(C)(O)CCCC1(C)OC(=O)C23CC=C4C(CCC5C4(C)CCC(O)C5(C)C)C2(C)CCC13. The first-order chi connectivity index (χ1) is 15.6. The predicted octanol–water partition coefficient (Wildman–Crippen LogP) is 6.19. The van der Waals surface area contributed by atoms with Crippen molar-refractivity contribution in [1.82, 2.24) is 0 Å². The van der Waals surface area contributed by atoms with E-state index < -0.39 is 16.6 Å². The molecule has 4 heteroatoms. The molecule has 8 atom stereocenters. The van der Waals surface area contributed by atoms with Gasteiger partial charge in [-0.15, -0.1) is 0 Å². The number of aliphatic hydroxyl groups excluding tert-OH is 1. The second kappa shape index (κ2) is 7.34. The molecule has 0 radical (unpaired) electrons. The van der Waals surface area contributed by atoms with Crippen LogP contribution in [0.4, 0.5) is 0 Å². The number of carbonyl (C=O) groups is 1. The first-order valence-corrected chi connectivity index (χ1v) is 14.0. The Kier molecular flexibility index (Phi) is 5.36. The molecule has 0 aromatic rings. The van der Waals surface area contributed by atoms with E-state index in [1.165, 1.54) is 0 Å². The van der Waals surface area contributed by atoms with Gasteiger partial charge in [-0.1, -0.05) is 39.3 Å². The molecule has 5 aliphatic rings. The maximum absolute atomic E-state index is 13.8. The van der Waals surface area contributed by atoms with Gasteiger partial charge in [-0.2, -0.15) is 0 Å². The zero-order valence-corrected chi connectivity index (χ0v) is 22.7. The van der Waals surface area contributed by atoms with E-state index in [1.807, 2.05) is 13.8 Å². The van der Waals surface area contributed by atoms with Gasteiger partial charge < -0.3 is 14.9 Å². The van der Waals surface area contributed by atoms with Gasteiger partial charge in [0.1, 0.15) is 5.60 Å². The summed E-state index contributed by atoms with van der Waals surface area (Å²) >= 11 is 0. The van der Waals surface area contributed by atoms with Crippen LogP contribution in [0.15, 0.2) is 11.6 Å². The first kappa shape index (κ1) is 24.8. The van der Waals surface area contributed by atoms with Gasteiger partial charge in [-0.05, 0) is 113 Å². The number of cyclic esters (lactones) is 1. The summed E-state index contributed by atoms with van der Waals surface area (Å²) in [5, 5.41) is 21.0. The molecule has 34 heavy (non-hydrogen) atoms. The van der Waals surface area contributed by atoms with Crippen LogP contribution < -0.4 is 0 Å². The lowest BCUT2D eigenvalue weighted by atomic mass is 9.41. The Balaban J connectivity index is 1.49. The number of hydrogen-bond donors (Lipinski definition) is 2. The number of ether oxygens (including phenoxy) is 1. The Hall–Kier alpha value is -0.870. The van der Waals surface area contributed by atoms with E-state index in [0.29, 0.717) is 11.8 Å². The highest BCUT2D eigenvalue weighted by molar-refractivity contribution is 5.83. The molecule has 4 fully saturated rings. The van der Waals surface area contributed by atoms with Crippen LogP contribution in [0.25, 0.3) is 0 Å². The van der Waals surface area contributed by atoms with Crippen molar-refractivity contribution in [3.8, 4) is 0 Å². The van der Waals surface area contributed by atoms with Crippen LogP contribution in [-0.2, 0) is 9.53 Å². The van der Waals surface area contributed by atoms with Crippen molar-refractivity contribution in [2.24, 2.45) is 39.4 Å². The quantitative estimate of drug-likeness (QED) is 0.378. The largest absolute Gasteiger partial charge is 0.459 e. The molecule has 1 heterocycles. The molecule has 1 spiro atoms. The molecule has 0 bridgehead atoms. The third-order valence-electron chi connectivity index (χ3n) is 12.1. The molecule has 0 aromatic heterocycles. The maximum atomic E-state index is 13.8. The van der Waals surface area contributed by atoms with Gasteiger partial charge in [0.15, 0.2) is 0 Å². The summed E-state index contributed by atoms with van der Waals surface area (Å²) in [4.78, 5) is 13.8. The highest BCUT2D eigenvalue weighted by atomic mass is 16.6. The predicted molar refractivity (Wildman–Crippen MR) is 134 cm³/mol. The fourth-order valence-corrected chi connectivity index (χ4v) is 10.2.